The Balaban J connectivity index is 0.00000208. The molecule has 1 unspecified atom stereocenters. The lowest BCUT2D eigenvalue weighted by molar-refractivity contribution is 0.0929. The normalized spacial score (nSPS) is 22.0. The van der Waals surface area contributed by atoms with Crippen LogP contribution in [-0.2, 0) is 0 Å². The van der Waals surface area contributed by atoms with E-state index in [-0.39, 0.29) is 12.4 Å². The van der Waals surface area contributed by atoms with Crippen LogP contribution in [0.4, 0.5) is 0 Å². The Bertz CT molecular complexity index is 491. The highest BCUT2D eigenvalue weighted by atomic mass is 35.5. The van der Waals surface area contributed by atoms with Crippen molar-refractivity contribution in [2.75, 3.05) is 32.7 Å². The van der Waals surface area contributed by atoms with Crippen molar-refractivity contribution in [1.82, 2.24) is 30.0 Å². The number of aromatic nitrogens is 4. The van der Waals surface area contributed by atoms with E-state index >= 15 is 0 Å². The lowest BCUT2D eigenvalue weighted by Gasteiger charge is -2.38. The first-order valence-corrected chi connectivity index (χ1v) is 9.18. The lowest BCUT2D eigenvalue weighted by Crippen LogP contribution is -2.48. The molecule has 1 aliphatic heterocycles. The molecule has 1 aromatic rings. The second-order valence-corrected chi connectivity index (χ2v) is 6.82. The van der Waals surface area contributed by atoms with Crippen LogP contribution >= 0.6 is 12.4 Å². The van der Waals surface area contributed by atoms with E-state index < -0.39 is 0 Å². The van der Waals surface area contributed by atoms with E-state index in [4.69, 9.17) is 0 Å². The Hall–Kier alpha value is -0.980. The maximum absolute atomic E-state index is 4.42. The van der Waals surface area contributed by atoms with E-state index in [1.807, 2.05) is 6.08 Å². The van der Waals surface area contributed by atoms with Crippen LogP contribution in [0.25, 0.3) is 0 Å². The average Bonchev–Trinajstić information content (AvgIpc) is 3.08. The summed E-state index contributed by atoms with van der Waals surface area (Å²) in [6.07, 6.45) is 9.48. The summed E-state index contributed by atoms with van der Waals surface area (Å²) in [4.78, 5) is 5.02. The van der Waals surface area contributed by atoms with E-state index in [1.54, 1.807) is 0 Å². The Kier molecular flexibility index (Phi) is 7.65. The minimum Gasteiger partial charge on any atom is -0.297 e. The fourth-order valence-electron chi connectivity index (χ4n) is 4.05. The minimum atomic E-state index is 0. The van der Waals surface area contributed by atoms with Crippen LogP contribution in [0, 0.1) is 0 Å². The van der Waals surface area contributed by atoms with E-state index in [1.165, 1.54) is 32.1 Å². The van der Waals surface area contributed by atoms with Crippen LogP contribution < -0.4 is 0 Å². The second kappa shape index (κ2) is 9.49. The molecular formula is C17H31ClN6. The zero-order valence-electron chi connectivity index (χ0n) is 14.8. The van der Waals surface area contributed by atoms with Gasteiger partial charge in [-0.05, 0) is 29.7 Å². The number of rotatable bonds is 6. The molecule has 1 saturated carbocycles. The molecule has 0 spiro atoms. The molecule has 2 aliphatic rings. The van der Waals surface area contributed by atoms with E-state index in [0.717, 1.165) is 45.0 Å². The van der Waals surface area contributed by atoms with Gasteiger partial charge in [-0.25, -0.2) is 4.68 Å². The molecule has 24 heavy (non-hydrogen) atoms. The predicted octanol–water partition coefficient (Wildman–Crippen LogP) is 2.85. The molecule has 0 N–H and O–H groups in total. The third kappa shape index (κ3) is 4.35. The average molecular weight is 355 g/mol. The molecule has 6 nitrogen and oxygen atoms in total. The fourth-order valence-corrected chi connectivity index (χ4v) is 4.05. The highest BCUT2D eigenvalue weighted by Gasteiger charge is 2.30. The van der Waals surface area contributed by atoms with Crippen molar-refractivity contribution in [1.29, 1.82) is 0 Å². The summed E-state index contributed by atoms with van der Waals surface area (Å²) < 4.78 is 2.14. The van der Waals surface area contributed by atoms with Gasteiger partial charge in [0, 0.05) is 32.7 Å². The molecule has 2 heterocycles. The fraction of sp³-hybridized carbons (Fsp3) is 0.824. The number of hydrogen-bond acceptors (Lipinski definition) is 5. The summed E-state index contributed by atoms with van der Waals surface area (Å²) in [5.74, 6) is 1.08. The van der Waals surface area contributed by atoms with E-state index in [9.17, 15) is 0 Å². The number of nitrogens with zero attached hydrogens (tertiary/aromatic N) is 6. The van der Waals surface area contributed by atoms with Crippen LogP contribution in [0.3, 0.4) is 0 Å². The van der Waals surface area contributed by atoms with Crippen molar-refractivity contribution >= 4 is 12.4 Å². The third-order valence-electron chi connectivity index (χ3n) is 5.36. The van der Waals surface area contributed by atoms with Gasteiger partial charge in [-0.2, -0.15) is 0 Å². The summed E-state index contributed by atoms with van der Waals surface area (Å²) in [7, 11) is 0. The predicted molar refractivity (Wildman–Crippen MR) is 98.4 cm³/mol. The molecule has 1 saturated heterocycles. The van der Waals surface area contributed by atoms with Crippen molar-refractivity contribution < 1.29 is 0 Å². The smallest absolute Gasteiger partial charge is 0.168 e. The van der Waals surface area contributed by atoms with Gasteiger partial charge in [0.25, 0.3) is 0 Å². The topological polar surface area (TPSA) is 50.1 Å². The zero-order chi connectivity index (χ0) is 16.1. The van der Waals surface area contributed by atoms with Crippen molar-refractivity contribution in [2.24, 2.45) is 0 Å². The molecular weight excluding hydrogens is 324 g/mol. The summed E-state index contributed by atoms with van der Waals surface area (Å²) in [6, 6.07) is 0.850. The molecule has 1 atom stereocenters. The maximum atomic E-state index is 4.42. The van der Waals surface area contributed by atoms with E-state index in [0.29, 0.717) is 12.1 Å². The lowest BCUT2D eigenvalue weighted by atomic mass is 9.95. The summed E-state index contributed by atoms with van der Waals surface area (Å²) in [6.45, 7) is 11.5. The standard InChI is InChI=1S/C17H30N6.ClH/c1-3-10-21-11-13-22(14-12-21)16(4-2)17-18-19-20-23(17)15-8-6-5-7-9-15;/h3,15-16H,1,4-14H2,2H3;1H. The van der Waals surface area contributed by atoms with Crippen molar-refractivity contribution in [3.8, 4) is 0 Å². The highest BCUT2D eigenvalue weighted by Crippen LogP contribution is 2.31. The van der Waals surface area contributed by atoms with Crippen LogP contribution in [0.2, 0.25) is 0 Å². The quantitative estimate of drug-likeness (QED) is 0.735. The summed E-state index contributed by atoms with van der Waals surface area (Å²) in [5.41, 5.74) is 0. The highest BCUT2D eigenvalue weighted by molar-refractivity contribution is 5.85. The van der Waals surface area contributed by atoms with Gasteiger partial charge >= 0.3 is 0 Å². The van der Waals surface area contributed by atoms with Crippen LogP contribution in [0.15, 0.2) is 12.7 Å². The molecule has 0 amide bonds. The van der Waals surface area contributed by atoms with Crippen LogP contribution in [-0.4, -0.2) is 62.7 Å². The molecule has 0 aromatic carbocycles. The molecule has 2 fully saturated rings. The molecule has 0 bridgehead atoms. The van der Waals surface area contributed by atoms with E-state index in [2.05, 4.69) is 43.5 Å². The second-order valence-electron chi connectivity index (χ2n) is 6.82. The number of halogens is 1. The first-order chi connectivity index (χ1) is 11.3. The monoisotopic (exact) mass is 354 g/mol. The van der Waals surface area contributed by atoms with Crippen LogP contribution in [0.1, 0.15) is 63.4 Å². The van der Waals surface area contributed by atoms with Gasteiger partial charge in [-0.1, -0.05) is 32.3 Å². The van der Waals surface area contributed by atoms with Gasteiger partial charge in [-0.15, -0.1) is 24.1 Å². The van der Waals surface area contributed by atoms with Gasteiger partial charge in [0.2, 0.25) is 0 Å². The maximum Gasteiger partial charge on any atom is 0.168 e. The van der Waals surface area contributed by atoms with Crippen molar-refractivity contribution in [3.05, 3.63) is 18.5 Å². The minimum absolute atomic E-state index is 0. The van der Waals surface area contributed by atoms with Crippen LogP contribution in [0.5, 0.6) is 0 Å². The third-order valence-corrected chi connectivity index (χ3v) is 5.36. The summed E-state index contributed by atoms with van der Waals surface area (Å²) >= 11 is 0. The largest absolute Gasteiger partial charge is 0.297 e. The Morgan fingerprint density at radius 1 is 1.17 bits per heavy atom. The van der Waals surface area contributed by atoms with Crippen molar-refractivity contribution in [3.63, 3.8) is 0 Å². The number of piperazine rings is 1. The first-order valence-electron chi connectivity index (χ1n) is 9.18. The SMILES string of the molecule is C=CCN1CCN(C(CC)c2nnnn2C2CCCCC2)CC1.Cl. The Labute approximate surface area is 151 Å². The van der Waals surface area contributed by atoms with Gasteiger partial charge in [-0.3, -0.25) is 9.80 Å². The molecule has 3 rings (SSSR count). The number of hydrogen-bond donors (Lipinski definition) is 0. The van der Waals surface area contributed by atoms with Gasteiger partial charge in [0.15, 0.2) is 5.82 Å². The Morgan fingerprint density at radius 2 is 1.88 bits per heavy atom. The Morgan fingerprint density at radius 3 is 2.50 bits per heavy atom. The molecule has 1 aromatic heterocycles. The molecule has 7 heteroatoms. The molecule has 1 aliphatic carbocycles. The van der Waals surface area contributed by atoms with Gasteiger partial charge < -0.3 is 0 Å². The van der Waals surface area contributed by atoms with Gasteiger partial charge in [0.1, 0.15) is 0 Å². The zero-order valence-corrected chi connectivity index (χ0v) is 15.6. The molecule has 0 radical (unpaired) electrons. The van der Waals surface area contributed by atoms with Crippen molar-refractivity contribution in [2.45, 2.75) is 57.5 Å². The summed E-state index contributed by atoms with van der Waals surface area (Å²) in [5, 5.41) is 12.8. The van der Waals surface area contributed by atoms with Gasteiger partial charge in [0.05, 0.1) is 12.1 Å². The first kappa shape index (κ1) is 19.3. The molecule has 136 valence electrons. The number of tetrazole rings is 1.